The van der Waals surface area contributed by atoms with Crippen LogP contribution in [0.15, 0.2) is 128 Å². The number of carbonyl (C=O) groups excluding carboxylic acids is 1. The number of hydrogen-bond donors (Lipinski definition) is 0. The third-order valence-electron chi connectivity index (χ3n) is 5.87. The summed E-state index contributed by atoms with van der Waals surface area (Å²) < 4.78 is 1.92. The molecule has 3 nitrogen and oxygen atoms in total. The van der Waals surface area contributed by atoms with Gasteiger partial charge in [0.1, 0.15) is 0 Å². The standard InChI is InChI=1S/C30H24N2O/c33-29(24-15-7-2-8-16-24)21-27(23-13-5-1-6-14-23)28-22-32(26-19-11-4-12-20-26)31-30(28)25-17-9-3-10-18-25/h1-20,22,27H,21H2. The second-order valence-corrected chi connectivity index (χ2v) is 8.04. The number of aromatic nitrogens is 2. The van der Waals surface area contributed by atoms with Gasteiger partial charge in [-0.2, -0.15) is 5.10 Å². The Morgan fingerprint density at radius 2 is 1.24 bits per heavy atom. The van der Waals surface area contributed by atoms with Crippen LogP contribution in [0, 0.1) is 0 Å². The monoisotopic (exact) mass is 428 g/mol. The Morgan fingerprint density at radius 3 is 1.88 bits per heavy atom. The predicted molar refractivity (Wildman–Crippen MR) is 133 cm³/mol. The van der Waals surface area contributed by atoms with Crippen LogP contribution >= 0.6 is 0 Å². The number of ketones is 1. The topological polar surface area (TPSA) is 34.9 Å². The number of nitrogens with zero attached hydrogens (tertiary/aromatic N) is 2. The first-order valence-corrected chi connectivity index (χ1v) is 11.1. The van der Waals surface area contributed by atoms with Gasteiger partial charge in [-0.3, -0.25) is 4.79 Å². The number of benzene rings is 4. The summed E-state index contributed by atoms with van der Waals surface area (Å²) in [6.45, 7) is 0. The second kappa shape index (κ2) is 9.49. The molecular formula is C30H24N2O. The SMILES string of the molecule is O=C(CC(c1ccccc1)c1cn(-c2ccccc2)nc1-c1ccccc1)c1ccccc1. The fourth-order valence-electron chi connectivity index (χ4n) is 4.20. The Kier molecular flexibility index (Phi) is 5.94. The highest BCUT2D eigenvalue weighted by Gasteiger charge is 2.25. The van der Waals surface area contributed by atoms with Gasteiger partial charge in [0.2, 0.25) is 0 Å². The lowest BCUT2D eigenvalue weighted by molar-refractivity contribution is 0.0977. The van der Waals surface area contributed by atoms with Gasteiger partial charge in [0, 0.05) is 35.2 Å². The van der Waals surface area contributed by atoms with Crippen molar-refractivity contribution in [2.24, 2.45) is 0 Å². The van der Waals surface area contributed by atoms with Gasteiger partial charge in [-0.05, 0) is 17.7 Å². The Morgan fingerprint density at radius 1 is 0.697 bits per heavy atom. The van der Waals surface area contributed by atoms with Crippen molar-refractivity contribution in [3.05, 3.63) is 144 Å². The molecule has 1 heterocycles. The van der Waals surface area contributed by atoms with Gasteiger partial charge in [0.15, 0.2) is 5.78 Å². The maximum Gasteiger partial charge on any atom is 0.163 e. The first kappa shape index (κ1) is 20.7. The molecule has 0 spiro atoms. The van der Waals surface area contributed by atoms with Crippen LogP contribution in [0.3, 0.4) is 0 Å². The minimum Gasteiger partial charge on any atom is -0.294 e. The van der Waals surface area contributed by atoms with Crippen molar-refractivity contribution in [1.82, 2.24) is 9.78 Å². The highest BCUT2D eigenvalue weighted by molar-refractivity contribution is 5.97. The van der Waals surface area contributed by atoms with Crippen LogP contribution in [0.4, 0.5) is 0 Å². The number of hydrogen-bond acceptors (Lipinski definition) is 2. The van der Waals surface area contributed by atoms with Gasteiger partial charge in [0.25, 0.3) is 0 Å². The normalized spacial score (nSPS) is 11.8. The molecule has 0 saturated heterocycles. The smallest absolute Gasteiger partial charge is 0.163 e. The molecule has 0 aliphatic heterocycles. The van der Waals surface area contributed by atoms with Gasteiger partial charge in [-0.25, -0.2) is 4.68 Å². The lowest BCUT2D eigenvalue weighted by Crippen LogP contribution is -2.09. The largest absolute Gasteiger partial charge is 0.294 e. The maximum atomic E-state index is 13.3. The molecule has 0 fully saturated rings. The lowest BCUT2D eigenvalue weighted by Gasteiger charge is -2.17. The summed E-state index contributed by atoms with van der Waals surface area (Å²) in [7, 11) is 0. The molecule has 3 heteroatoms. The highest BCUT2D eigenvalue weighted by atomic mass is 16.1. The molecule has 0 radical (unpaired) electrons. The van der Waals surface area contributed by atoms with E-state index in [-0.39, 0.29) is 11.7 Å². The zero-order valence-corrected chi connectivity index (χ0v) is 18.2. The van der Waals surface area contributed by atoms with E-state index in [0.717, 1.165) is 33.6 Å². The van der Waals surface area contributed by atoms with Crippen LogP contribution < -0.4 is 0 Å². The molecule has 0 N–H and O–H groups in total. The van der Waals surface area contributed by atoms with E-state index in [4.69, 9.17) is 5.10 Å². The minimum absolute atomic E-state index is 0.119. The highest BCUT2D eigenvalue weighted by Crippen LogP contribution is 2.36. The summed E-state index contributed by atoms with van der Waals surface area (Å²) in [4.78, 5) is 13.3. The summed E-state index contributed by atoms with van der Waals surface area (Å²) in [6, 6.07) is 40.1. The van der Waals surface area contributed by atoms with Crippen LogP contribution in [-0.2, 0) is 0 Å². The zero-order valence-electron chi connectivity index (χ0n) is 18.2. The quantitative estimate of drug-likeness (QED) is 0.263. The fraction of sp³-hybridized carbons (Fsp3) is 0.0667. The maximum absolute atomic E-state index is 13.3. The van der Waals surface area contributed by atoms with Crippen LogP contribution in [0.2, 0.25) is 0 Å². The number of Topliss-reactive ketones (excluding diaryl/α,β-unsaturated/α-hetero) is 1. The molecule has 0 amide bonds. The van der Waals surface area contributed by atoms with Crippen molar-refractivity contribution >= 4 is 5.78 Å². The first-order valence-electron chi connectivity index (χ1n) is 11.1. The third kappa shape index (κ3) is 4.53. The van der Waals surface area contributed by atoms with Gasteiger partial charge >= 0.3 is 0 Å². The average molecular weight is 429 g/mol. The van der Waals surface area contributed by atoms with Gasteiger partial charge in [-0.1, -0.05) is 109 Å². The van der Waals surface area contributed by atoms with Crippen LogP contribution in [0.1, 0.15) is 33.8 Å². The van der Waals surface area contributed by atoms with E-state index in [0.29, 0.717) is 6.42 Å². The van der Waals surface area contributed by atoms with Gasteiger partial charge < -0.3 is 0 Å². The van der Waals surface area contributed by atoms with Crippen molar-refractivity contribution in [3.63, 3.8) is 0 Å². The fourth-order valence-corrected chi connectivity index (χ4v) is 4.20. The minimum atomic E-state index is -0.119. The van der Waals surface area contributed by atoms with Crippen molar-refractivity contribution in [2.75, 3.05) is 0 Å². The number of carbonyl (C=O) groups is 1. The van der Waals surface area contributed by atoms with Gasteiger partial charge in [0.05, 0.1) is 11.4 Å². The van der Waals surface area contributed by atoms with E-state index in [9.17, 15) is 4.79 Å². The molecule has 0 bridgehead atoms. The van der Waals surface area contributed by atoms with E-state index in [1.807, 2.05) is 102 Å². The average Bonchev–Trinajstić information content (AvgIpc) is 3.34. The Bertz CT molecular complexity index is 1330. The molecular weight excluding hydrogens is 404 g/mol. The van der Waals surface area contributed by atoms with E-state index in [1.165, 1.54) is 0 Å². The molecule has 5 aromatic rings. The predicted octanol–water partition coefficient (Wildman–Crippen LogP) is 6.94. The molecule has 0 saturated carbocycles. The Hall–Kier alpha value is -4.24. The van der Waals surface area contributed by atoms with Crippen LogP contribution in [0.5, 0.6) is 0 Å². The molecule has 0 aliphatic rings. The second-order valence-electron chi connectivity index (χ2n) is 8.04. The molecule has 1 unspecified atom stereocenters. The van der Waals surface area contributed by atoms with E-state index in [2.05, 4.69) is 30.5 Å². The molecule has 1 atom stereocenters. The molecule has 5 rings (SSSR count). The molecule has 4 aromatic carbocycles. The summed E-state index contributed by atoms with van der Waals surface area (Å²) >= 11 is 0. The molecule has 33 heavy (non-hydrogen) atoms. The summed E-state index contributed by atoms with van der Waals surface area (Å²) in [5, 5.41) is 4.98. The molecule has 1 aromatic heterocycles. The summed E-state index contributed by atoms with van der Waals surface area (Å²) in [6.07, 6.45) is 2.45. The van der Waals surface area contributed by atoms with E-state index < -0.39 is 0 Å². The van der Waals surface area contributed by atoms with Crippen molar-refractivity contribution in [1.29, 1.82) is 0 Å². The molecule has 0 aliphatic carbocycles. The van der Waals surface area contributed by atoms with Crippen LogP contribution in [-0.4, -0.2) is 15.6 Å². The van der Waals surface area contributed by atoms with Crippen molar-refractivity contribution in [3.8, 4) is 16.9 Å². The molecule has 160 valence electrons. The first-order chi connectivity index (χ1) is 16.3. The van der Waals surface area contributed by atoms with Crippen LogP contribution in [0.25, 0.3) is 16.9 Å². The summed E-state index contributed by atoms with van der Waals surface area (Å²) in [5.74, 6) is 0.00232. The zero-order chi connectivity index (χ0) is 22.5. The third-order valence-corrected chi connectivity index (χ3v) is 5.87. The number of para-hydroxylation sites is 1. The van der Waals surface area contributed by atoms with Crippen molar-refractivity contribution < 1.29 is 4.79 Å². The van der Waals surface area contributed by atoms with Crippen molar-refractivity contribution in [2.45, 2.75) is 12.3 Å². The lowest BCUT2D eigenvalue weighted by atomic mass is 9.85. The Balaban J connectivity index is 1.65. The van der Waals surface area contributed by atoms with E-state index in [1.54, 1.807) is 0 Å². The van der Waals surface area contributed by atoms with E-state index >= 15 is 0 Å². The number of rotatable bonds is 7. The summed E-state index contributed by atoms with van der Waals surface area (Å²) in [5.41, 5.74) is 5.80. The van der Waals surface area contributed by atoms with Gasteiger partial charge in [-0.15, -0.1) is 0 Å². The Labute approximate surface area is 194 Å².